The van der Waals surface area contributed by atoms with Crippen molar-refractivity contribution in [1.29, 1.82) is 0 Å². The first kappa shape index (κ1) is 43.1. The molecule has 2 heterocycles. The molecule has 0 radical (unpaired) electrons. The number of anilines is 6. The zero-order chi connectivity index (χ0) is 49.4. The highest BCUT2D eigenvalue weighted by atomic mass is 32.1. The summed E-state index contributed by atoms with van der Waals surface area (Å²) in [6.07, 6.45) is 0. The van der Waals surface area contributed by atoms with Crippen LogP contribution in [-0.4, -0.2) is 0 Å². The molecule has 13 aromatic carbocycles. The second-order valence-electron chi connectivity index (χ2n) is 19.5. The molecule has 350 valence electrons. The van der Waals surface area contributed by atoms with Gasteiger partial charge in [0.15, 0.2) is 0 Å². The van der Waals surface area contributed by atoms with Crippen LogP contribution in [0.15, 0.2) is 279 Å². The van der Waals surface area contributed by atoms with E-state index in [-0.39, 0.29) is 0 Å². The highest BCUT2D eigenvalue weighted by Crippen LogP contribution is 2.53. The van der Waals surface area contributed by atoms with Crippen molar-refractivity contribution in [2.24, 2.45) is 0 Å². The number of rotatable bonds is 5. The Kier molecular flexibility index (Phi) is 10.1. The van der Waals surface area contributed by atoms with Gasteiger partial charge in [-0.3, -0.25) is 0 Å². The summed E-state index contributed by atoms with van der Waals surface area (Å²) >= 11 is 1.90. The van der Waals surface area contributed by atoms with Gasteiger partial charge in [-0.15, -0.1) is 11.3 Å². The largest absolute Gasteiger partial charge is 0.310 e. The van der Waals surface area contributed by atoms with Gasteiger partial charge in [0.1, 0.15) is 0 Å². The first-order chi connectivity index (χ1) is 37.2. The predicted molar refractivity (Wildman–Crippen MR) is 324 cm³/mol. The molecule has 0 bridgehead atoms. The van der Waals surface area contributed by atoms with Crippen LogP contribution in [0, 0.1) is 0 Å². The molecular formula is C72H46N2S. The maximum Gasteiger partial charge on any atom is 0.0542 e. The minimum absolute atomic E-state index is 1.06. The fourth-order valence-corrected chi connectivity index (χ4v) is 13.4. The summed E-state index contributed by atoms with van der Waals surface area (Å²) in [5, 5.41) is 14.7. The lowest BCUT2D eigenvalue weighted by atomic mass is 9.93. The molecule has 1 aromatic heterocycles. The van der Waals surface area contributed by atoms with Crippen LogP contribution < -0.4 is 9.80 Å². The van der Waals surface area contributed by atoms with Crippen LogP contribution in [0.5, 0.6) is 0 Å². The van der Waals surface area contributed by atoms with E-state index in [2.05, 4.69) is 289 Å². The van der Waals surface area contributed by atoms with E-state index in [0.29, 0.717) is 0 Å². The van der Waals surface area contributed by atoms with Crippen LogP contribution in [0.1, 0.15) is 0 Å². The van der Waals surface area contributed by atoms with Gasteiger partial charge in [0, 0.05) is 59.3 Å². The SMILES string of the molecule is c1ccc(-c2ccccc2N(c2ccc3c(c2)-c2ccccc2-c2ccccc2N3c2ccccc2)c2ccc3c(c2)c2ccccc2c2ccccc2c2ccccc2c2c3ccc3c4ccccc4sc32)cc1. The quantitative estimate of drug-likeness (QED) is 0.170. The highest BCUT2D eigenvalue weighted by Gasteiger charge is 2.28. The number of thiophene rings is 1. The summed E-state index contributed by atoms with van der Waals surface area (Å²) in [7, 11) is 0. The van der Waals surface area contributed by atoms with Crippen molar-refractivity contribution < 1.29 is 0 Å². The van der Waals surface area contributed by atoms with E-state index >= 15 is 0 Å². The average Bonchev–Trinajstić information content (AvgIpc) is 3.83. The monoisotopic (exact) mass is 970 g/mol. The molecule has 3 heteroatoms. The second-order valence-corrected chi connectivity index (χ2v) is 20.5. The van der Waals surface area contributed by atoms with Crippen LogP contribution >= 0.6 is 11.3 Å². The third-order valence-electron chi connectivity index (χ3n) is 15.4. The molecule has 0 N–H and O–H groups in total. The van der Waals surface area contributed by atoms with E-state index in [1.54, 1.807) is 0 Å². The Hall–Kier alpha value is -9.54. The van der Waals surface area contributed by atoms with Crippen molar-refractivity contribution in [3.63, 3.8) is 0 Å². The average molecular weight is 971 g/mol. The number of fused-ring (bicyclic) bond motifs is 19. The van der Waals surface area contributed by atoms with Crippen LogP contribution in [-0.2, 0) is 0 Å². The molecule has 75 heavy (non-hydrogen) atoms. The molecule has 2 nitrogen and oxygen atoms in total. The van der Waals surface area contributed by atoms with E-state index in [1.165, 1.54) is 90.7 Å². The van der Waals surface area contributed by atoms with Gasteiger partial charge in [-0.05, 0) is 126 Å². The molecule has 0 aliphatic carbocycles. The highest BCUT2D eigenvalue weighted by molar-refractivity contribution is 7.26. The van der Waals surface area contributed by atoms with Gasteiger partial charge in [0.2, 0.25) is 0 Å². The van der Waals surface area contributed by atoms with Crippen molar-refractivity contribution in [2.45, 2.75) is 0 Å². The number of hydrogen-bond donors (Lipinski definition) is 0. The first-order valence-corrected chi connectivity index (χ1v) is 26.6. The van der Waals surface area contributed by atoms with E-state index in [9.17, 15) is 0 Å². The Morgan fingerprint density at radius 1 is 0.280 bits per heavy atom. The predicted octanol–water partition coefficient (Wildman–Crippen LogP) is 21.2. The fourth-order valence-electron chi connectivity index (χ4n) is 12.1. The Morgan fingerprint density at radius 3 is 1.45 bits per heavy atom. The molecule has 1 aliphatic heterocycles. The van der Waals surface area contributed by atoms with Crippen LogP contribution in [0.2, 0.25) is 0 Å². The molecule has 14 aromatic rings. The molecule has 1 aliphatic rings. The normalized spacial score (nSPS) is 12.0. The fraction of sp³-hybridized carbons (Fsp3) is 0. The Morgan fingerprint density at radius 2 is 0.733 bits per heavy atom. The molecule has 0 saturated carbocycles. The van der Waals surface area contributed by atoms with E-state index in [1.807, 2.05) is 11.3 Å². The summed E-state index contributed by atoms with van der Waals surface area (Å²) in [4.78, 5) is 4.93. The molecule has 0 fully saturated rings. The van der Waals surface area contributed by atoms with Gasteiger partial charge < -0.3 is 9.80 Å². The van der Waals surface area contributed by atoms with Gasteiger partial charge in [0.05, 0.1) is 17.1 Å². The lowest BCUT2D eigenvalue weighted by Gasteiger charge is -2.31. The van der Waals surface area contributed by atoms with Crippen LogP contribution in [0.3, 0.4) is 0 Å². The molecule has 0 saturated heterocycles. The Balaban J connectivity index is 1.09. The van der Waals surface area contributed by atoms with Crippen molar-refractivity contribution in [3.05, 3.63) is 279 Å². The maximum atomic E-state index is 2.50. The van der Waals surface area contributed by atoms with Crippen LogP contribution in [0.4, 0.5) is 34.1 Å². The maximum absolute atomic E-state index is 2.50. The molecule has 0 atom stereocenters. The molecule has 0 unspecified atom stereocenters. The second kappa shape index (κ2) is 17.6. The molecular weight excluding hydrogens is 925 g/mol. The number of benzene rings is 12. The number of para-hydroxylation sites is 3. The molecule has 15 rings (SSSR count). The first-order valence-electron chi connectivity index (χ1n) is 25.7. The molecule has 0 spiro atoms. The third kappa shape index (κ3) is 6.93. The summed E-state index contributed by atoms with van der Waals surface area (Å²) in [5.41, 5.74) is 13.7. The van der Waals surface area contributed by atoms with E-state index < -0.39 is 0 Å². The van der Waals surface area contributed by atoms with Gasteiger partial charge in [-0.25, -0.2) is 0 Å². The zero-order valence-corrected chi connectivity index (χ0v) is 41.7. The lowest BCUT2D eigenvalue weighted by molar-refractivity contribution is 1.27. The molecule has 0 amide bonds. The topological polar surface area (TPSA) is 6.48 Å². The zero-order valence-electron chi connectivity index (χ0n) is 40.9. The standard InChI is InChI=1S/C72H46N2S/c1-3-21-47(22-4-1)51-25-15-18-36-67(51)73(50-40-44-69-66(46-50)58-32-12-10-29-55(58)60-33-16-19-37-68(60)74(69)48-23-5-2-6-24-48)49-39-41-59-63-42-43-64-61-34-17-20-38-70(61)75-72(64)71(63)62-35-14-13-30-56(62)53-27-8-7-26-52(53)54-28-9-11-31-57(54)65(59)45-49/h1-46H. The van der Waals surface area contributed by atoms with Crippen molar-refractivity contribution in [2.75, 3.05) is 9.80 Å². The minimum atomic E-state index is 1.06. The smallest absolute Gasteiger partial charge is 0.0542 e. The van der Waals surface area contributed by atoms with Gasteiger partial charge >= 0.3 is 0 Å². The van der Waals surface area contributed by atoms with Gasteiger partial charge in [0.25, 0.3) is 0 Å². The van der Waals surface area contributed by atoms with E-state index in [4.69, 9.17) is 0 Å². The van der Waals surface area contributed by atoms with Crippen molar-refractivity contribution in [3.8, 4) is 33.4 Å². The Bertz CT molecular complexity index is 4670. The summed E-state index contributed by atoms with van der Waals surface area (Å²) in [6, 6.07) is 103. The number of nitrogens with zero attached hydrogens (tertiary/aromatic N) is 2. The Labute approximate surface area is 439 Å². The summed E-state index contributed by atoms with van der Waals surface area (Å²) < 4.78 is 2.60. The third-order valence-corrected chi connectivity index (χ3v) is 16.6. The van der Waals surface area contributed by atoms with Crippen molar-refractivity contribution in [1.82, 2.24) is 0 Å². The summed E-state index contributed by atoms with van der Waals surface area (Å²) in [5.74, 6) is 0. The van der Waals surface area contributed by atoms with Crippen LogP contribution in [0.25, 0.3) is 107 Å². The minimum Gasteiger partial charge on any atom is -0.310 e. The van der Waals surface area contributed by atoms with Gasteiger partial charge in [-0.1, -0.05) is 218 Å². The lowest BCUT2D eigenvalue weighted by Crippen LogP contribution is -2.13. The van der Waals surface area contributed by atoms with Crippen molar-refractivity contribution >= 4 is 119 Å². The number of hydrogen-bond acceptors (Lipinski definition) is 3. The van der Waals surface area contributed by atoms with Gasteiger partial charge in [-0.2, -0.15) is 0 Å². The summed E-state index contributed by atoms with van der Waals surface area (Å²) in [6.45, 7) is 0. The van der Waals surface area contributed by atoms with E-state index in [0.717, 1.165) is 50.8 Å².